The zero-order valence-electron chi connectivity index (χ0n) is 17.9. The van der Waals surface area contributed by atoms with E-state index in [9.17, 15) is 39.5 Å². The number of nitrogens with one attached hydrogen (secondary N) is 1. The predicted molar refractivity (Wildman–Crippen MR) is 111 cm³/mol. The van der Waals surface area contributed by atoms with E-state index in [0.29, 0.717) is 18.6 Å². The standard InChI is InChI=1S/C20H15ClF9NO.HNO2S/c1-2-3-17(14-9-13(21)6-7-15(14)19(25,26)27)31-32-10-11-4-5-12(18(22,23)24)8-16(11)20(28,29)30;1-4(2)3/h4-9H,2-3,10H2,1H3;1H/b31-17+;. The normalized spacial score (nSPS) is 12.6. The van der Waals surface area contributed by atoms with Gasteiger partial charge >= 0.3 is 29.0 Å². The smallest absolute Gasteiger partial charge is 0.391 e. The van der Waals surface area contributed by atoms with E-state index in [1.807, 2.05) is 0 Å². The van der Waals surface area contributed by atoms with Crippen LogP contribution < -0.4 is 0 Å². The second-order valence-electron chi connectivity index (χ2n) is 6.85. The van der Waals surface area contributed by atoms with Gasteiger partial charge in [-0.25, -0.2) is 0 Å². The topological polar surface area (TPSA) is 79.6 Å². The van der Waals surface area contributed by atoms with E-state index in [2.05, 4.69) is 5.16 Å². The van der Waals surface area contributed by atoms with E-state index in [-0.39, 0.29) is 23.2 Å². The van der Waals surface area contributed by atoms with Gasteiger partial charge in [-0.2, -0.15) is 52.7 Å². The van der Waals surface area contributed by atoms with Crippen molar-refractivity contribution in [2.45, 2.75) is 44.9 Å². The van der Waals surface area contributed by atoms with Crippen molar-refractivity contribution < 1.29 is 52.8 Å². The van der Waals surface area contributed by atoms with E-state index in [1.54, 1.807) is 6.92 Å². The fourth-order valence-corrected chi connectivity index (χ4v) is 2.96. The Kier molecular flexibility index (Phi) is 10.8. The third-order valence-electron chi connectivity index (χ3n) is 4.22. The Hall–Kier alpha value is -2.81. The van der Waals surface area contributed by atoms with Gasteiger partial charge in [0, 0.05) is 16.1 Å². The number of benzene rings is 2. The molecule has 200 valence electrons. The van der Waals surface area contributed by atoms with Crippen LogP contribution in [0.1, 0.15) is 47.6 Å². The highest BCUT2D eigenvalue weighted by Crippen LogP contribution is 2.38. The average Bonchev–Trinajstić information content (AvgIpc) is 2.70. The van der Waals surface area contributed by atoms with Gasteiger partial charge in [-0.15, -0.1) is 0 Å². The molecule has 0 unspecified atom stereocenters. The molecule has 2 rings (SSSR count). The Morgan fingerprint density at radius 3 is 1.94 bits per heavy atom. The molecule has 0 heterocycles. The first-order chi connectivity index (χ1) is 16.4. The summed E-state index contributed by atoms with van der Waals surface area (Å²) in [5, 5.41) is 3.53. The molecule has 0 radical (unpaired) electrons. The number of nitrogens with zero attached hydrogens (tertiary/aromatic N) is 1. The van der Waals surface area contributed by atoms with Gasteiger partial charge in [-0.3, -0.25) is 0 Å². The highest BCUT2D eigenvalue weighted by molar-refractivity contribution is 7.60. The molecule has 36 heavy (non-hydrogen) atoms. The summed E-state index contributed by atoms with van der Waals surface area (Å²) in [5.74, 6) is 0. The minimum absolute atomic E-state index is 0.0252. The molecular formula is C20H16ClF9N2O3S. The number of halogens is 10. The number of hydrogen-bond acceptors (Lipinski definition) is 5. The zero-order valence-corrected chi connectivity index (χ0v) is 19.5. The van der Waals surface area contributed by atoms with Gasteiger partial charge in [-0.05, 0) is 36.8 Å². The third-order valence-corrected chi connectivity index (χ3v) is 4.46. The predicted octanol–water partition coefficient (Wildman–Crippen LogP) is 7.75. The van der Waals surface area contributed by atoms with Crippen LogP contribution in [-0.2, 0) is 40.5 Å². The van der Waals surface area contributed by atoms with E-state index >= 15 is 0 Å². The summed E-state index contributed by atoms with van der Waals surface area (Å²) in [6.45, 7) is 0.715. The van der Waals surface area contributed by atoms with Crippen molar-refractivity contribution in [3.63, 3.8) is 0 Å². The molecule has 0 aliphatic carbocycles. The maximum atomic E-state index is 13.3. The molecule has 0 atom stereocenters. The third kappa shape index (κ3) is 9.68. The second-order valence-corrected chi connectivity index (χ2v) is 7.76. The van der Waals surface area contributed by atoms with E-state index in [1.165, 1.54) is 0 Å². The van der Waals surface area contributed by atoms with Gasteiger partial charge in [-0.1, -0.05) is 36.2 Å². The Morgan fingerprint density at radius 1 is 0.917 bits per heavy atom. The van der Waals surface area contributed by atoms with E-state index in [0.717, 1.165) is 18.2 Å². The maximum absolute atomic E-state index is 13.3. The fraction of sp³-hybridized carbons (Fsp3) is 0.350. The lowest BCUT2D eigenvalue weighted by molar-refractivity contribution is -0.144. The number of oxime groups is 1. The minimum atomic E-state index is -5.12. The molecule has 0 fully saturated rings. The van der Waals surface area contributed by atoms with Gasteiger partial charge < -0.3 is 4.84 Å². The van der Waals surface area contributed by atoms with Crippen molar-refractivity contribution >= 4 is 27.8 Å². The van der Waals surface area contributed by atoms with E-state index < -0.39 is 63.5 Å². The van der Waals surface area contributed by atoms with Gasteiger partial charge in [0.15, 0.2) is 0 Å². The van der Waals surface area contributed by atoms with Crippen molar-refractivity contribution in [1.82, 2.24) is 0 Å². The lowest BCUT2D eigenvalue weighted by atomic mass is 9.99. The van der Waals surface area contributed by atoms with Crippen molar-refractivity contribution in [3.8, 4) is 0 Å². The highest BCUT2D eigenvalue weighted by atomic mass is 35.5. The van der Waals surface area contributed by atoms with Gasteiger partial charge in [0.1, 0.15) is 6.61 Å². The van der Waals surface area contributed by atoms with Crippen molar-refractivity contribution in [3.05, 3.63) is 69.2 Å². The van der Waals surface area contributed by atoms with Crippen LogP contribution >= 0.6 is 11.6 Å². The summed E-state index contributed by atoms with van der Waals surface area (Å²) in [7, 11) is -2.61. The van der Waals surface area contributed by atoms with Crippen molar-refractivity contribution in [2.75, 3.05) is 0 Å². The van der Waals surface area contributed by atoms with Crippen LogP contribution in [0, 0.1) is 4.78 Å². The second kappa shape index (κ2) is 12.4. The van der Waals surface area contributed by atoms with Gasteiger partial charge in [0.2, 0.25) is 0 Å². The molecule has 0 amide bonds. The minimum Gasteiger partial charge on any atom is -0.391 e. The van der Waals surface area contributed by atoms with Crippen LogP contribution in [0.4, 0.5) is 39.5 Å². The summed E-state index contributed by atoms with van der Waals surface area (Å²) >= 11 is 5.78. The number of alkyl halides is 9. The van der Waals surface area contributed by atoms with Crippen LogP contribution in [0.2, 0.25) is 5.02 Å². The molecule has 2 aromatic rings. The summed E-state index contributed by atoms with van der Waals surface area (Å²) in [6.07, 6.45) is -14.6. The van der Waals surface area contributed by atoms with Gasteiger partial charge in [0.05, 0.1) is 22.4 Å². The Bertz CT molecular complexity index is 1190. The van der Waals surface area contributed by atoms with E-state index in [4.69, 9.17) is 29.6 Å². The Labute approximate surface area is 205 Å². The van der Waals surface area contributed by atoms with Crippen LogP contribution in [0.25, 0.3) is 0 Å². The van der Waals surface area contributed by atoms with Crippen LogP contribution in [0.5, 0.6) is 0 Å². The van der Waals surface area contributed by atoms with Crippen LogP contribution in [0.3, 0.4) is 0 Å². The molecule has 5 nitrogen and oxygen atoms in total. The molecule has 0 spiro atoms. The summed E-state index contributed by atoms with van der Waals surface area (Å²) in [4.78, 5) is 4.85. The first kappa shape index (κ1) is 31.2. The molecule has 2 aromatic carbocycles. The first-order valence-electron chi connectivity index (χ1n) is 9.51. The molecular weight excluding hydrogens is 555 g/mol. The summed E-state index contributed by atoms with van der Waals surface area (Å²) in [6, 6.07) is 3.73. The summed E-state index contributed by atoms with van der Waals surface area (Å²) < 4.78 is 141. The molecule has 0 aliphatic heterocycles. The molecule has 1 N–H and O–H groups in total. The maximum Gasteiger partial charge on any atom is 0.417 e. The monoisotopic (exact) mass is 570 g/mol. The lowest BCUT2D eigenvalue weighted by Crippen LogP contribution is -2.15. The SMILES string of the molecule is CCC/C(=N\OCc1ccc(C(F)(F)F)cc1C(F)(F)F)c1cc(Cl)ccc1C(F)(F)F.N=S(=O)=O. The molecule has 0 aliphatic rings. The molecule has 0 aromatic heterocycles. The molecule has 0 bridgehead atoms. The summed E-state index contributed by atoms with van der Waals surface area (Å²) in [5.41, 5.74) is -5.44. The fourth-order valence-electron chi connectivity index (χ4n) is 2.79. The zero-order chi connectivity index (χ0) is 27.9. The van der Waals surface area contributed by atoms with Crippen molar-refractivity contribution in [1.29, 1.82) is 4.78 Å². The lowest BCUT2D eigenvalue weighted by Gasteiger charge is -2.16. The molecule has 0 saturated carbocycles. The van der Waals surface area contributed by atoms with Crippen molar-refractivity contribution in [2.24, 2.45) is 5.16 Å². The quantitative estimate of drug-likeness (QED) is 0.219. The number of hydrogen-bond donors (Lipinski definition) is 1. The number of rotatable bonds is 6. The largest absolute Gasteiger partial charge is 0.417 e. The van der Waals surface area contributed by atoms with Crippen LogP contribution in [-0.4, -0.2) is 14.1 Å². The van der Waals surface area contributed by atoms with Gasteiger partial charge in [0.25, 0.3) is 0 Å². The molecule has 0 saturated heterocycles. The average molecular weight is 571 g/mol. The van der Waals surface area contributed by atoms with Crippen LogP contribution in [0.15, 0.2) is 41.6 Å². The Morgan fingerprint density at radius 2 is 1.47 bits per heavy atom. The first-order valence-corrected chi connectivity index (χ1v) is 11.0. The Balaban J connectivity index is 0.00000150. The highest BCUT2D eigenvalue weighted by Gasteiger charge is 2.38. The molecule has 16 heteroatoms.